The zero-order valence-electron chi connectivity index (χ0n) is 16.0. The number of nitrogens with zero attached hydrogens (tertiary/aromatic N) is 1. The average Bonchev–Trinajstić information content (AvgIpc) is 3.15. The van der Waals surface area contributed by atoms with Crippen LogP contribution in [-0.2, 0) is 14.3 Å². The molecule has 1 aromatic rings. The van der Waals surface area contributed by atoms with Crippen LogP contribution in [0.25, 0.3) is 0 Å². The number of nitrogens with one attached hydrogen (secondary N) is 1. The molecule has 0 amide bonds. The summed E-state index contributed by atoms with van der Waals surface area (Å²) in [5, 5.41) is 3.51. The Hall–Kier alpha value is -2.06. The van der Waals surface area contributed by atoms with Crippen molar-refractivity contribution in [3.63, 3.8) is 0 Å². The van der Waals surface area contributed by atoms with Crippen molar-refractivity contribution in [2.45, 2.75) is 44.7 Å². The van der Waals surface area contributed by atoms with Crippen molar-refractivity contribution >= 4 is 23.3 Å². The zero-order chi connectivity index (χ0) is 20.3. The topological polar surface area (TPSA) is 50.8 Å². The number of carbonyl (C=O) groups is 1. The lowest BCUT2D eigenvalue weighted by molar-refractivity contribution is -0.140. The molecule has 1 heterocycles. The Morgan fingerprint density at radius 2 is 2.00 bits per heavy atom. The maximum Gasteiger partial charge on any atom is 0.338 e. The van der Waals surface area contributed by atoms with Gasteiger partial charge in [0, 0.05) is 30.5 Å². The SMILES string of the molecule is COCCOC(=O)C1=C(C)N(C2CCCC2)C(=S)N[C@@H]1c1ccc(F)cc1F. The summed E-state index contributed by atoms with van der Waals surface area (Å²) in [7, 11) is 1.51. The molecule has 1 atom stereocenters. The van der Waals surface area contributed by atoms with Gasteiger partial charge in [0.05, 0.1) is 18.2 Å². The maximum atomic E-state index is 14.5. The van der Waals surface area contributed by atoms with Gasteiger partial charge in [0.1, 0.15) is 18.2 Å². The molecule has 0 aromatic heterocycles. The van der Waals surface area contributed by atoms with Crippen LogP contribution in [0.1, 0.15) is 44.2 Å². The summed E-state index contributed by atoms with van der Waals surface area (Å²) in [5.41, 5.74) is 1.07. The predicted molar refractivity (Wildman–Crippen MR) is 104 cm³/mol. The molecule has 0 unspecified atom stereocenters. The minimum atomic E-state index is -0.846. The van der Waals surface area contributed by atoms with Gasteiger partial charge in [0.15, 0.2) is 5.11 Å². The molecule has 5 nitrogen and oxygen atoms in total. The second kappa shape index (κ2) is 8.96. The van der Waals surface area contributed by atoms with E-state index in [0.29, 0.717) is 10.8 Å². The largest absolute Gasteiger partial charge is 0.460 e. The second-order valence-corrected chi connectivity index (χ2v) is 7.37. The molecular weight excluding hydrogens is 386 g/mol. The van der Waals surface area contributed by atoms with Crippen LogP contribution < -0.4 is 5.32 Å². The van der Waals surface area contributed by atoms with E-state index in [1.54, 1.807) is 6.92 Å². The molecule has 0 spiro atoms. The van der Waals surface area contributed by atoms with Crippen molar-refractivity contribution in [2.24, 2.45) is 0 Å². The third-order valence-corrected chi connectivity index (χ3v) is 5.54. The normalized spacial score (nSPS) is 20.5. The number of hydrogen-bond acceptors (Lipinski definition) is 4. The Kier molecular flexibility index (Phi) is 6.61. The molecule has 1 saturated carbocycles. The van der Waals surface area contributed by atoms with Crippen LogP contribution in [-0.4, -0.2) is 42.3 Å². The summed E-state index contributed by atoms with van der Waals surface area (Å²) in [5.74, 6) is -2.00. The van der Waals surface area contributed by atoms with Gasteiger partial charge in [0.2, 0.25) is 0 Å². The zero-order valence-corrected chi connectivity index (χ0v) is 16.8. The van der Waals surface area contributed by atoms with Crippen LogP contribution in [0.15, 0.2) is 29.5 Å². The number of halogens is 2. The number of carbonyl (C=O) groups excluding carboxylic acids is 1. The highest BCUT2D eigenvalue weighted by Crippen LogP contribution is 2.36. The standard InChI is InChI=1S/C20H24F2N2O3S/c1-12-17(19(25)27-10-9-26-2)18(15-8-7-13(21)11-16(15)22)23-20(28)24(12)14-5-3-4-6-14/h7-8,11,14,18H,3-6,9-10H2,1-2H3,(H,23,28)/t18-/m1/s1. The number of thiocarbonyl (C=S) groups is 1. The predicted octanol–water partition coefficient (Wildman–Crippen LogP) is 3.60. The monoisotopic (exact) mass is 410 g/mol. The van der Waals surface area contributed by atoms with E-state index in [1.165, 1.54) is 13.2 Å². The first-order valence-corrected chi connectivity index (χ1v) is 9.76. The third-order valence-electron chi connectivity index (χ3n) is 5.23. The molecule has 1 aliphatic carbocycles. The first-order valence-electron chi connectivity index (χ1n) is 9.35. The highest BCUT2D eigenvalue weighted by atomic mass is 32.1. The Bertz CT molecular complexity index is 794. The molecule has 1 aliphatic heterocycles. The molecule has 28 heavy (non-hydrogen) atoms. The average molecular weight is 410 g/mol. The van der Waals surface area contributed by atoms with Crippen molar-refractivity contribution in [1.29, 1.82) is 0 Å². The Morgan fingerprint density at radius 1 is 1.29 bits per heavy atom. The minimum Gasteiger partial charge on any atom is -0.460 e. The van der Waals surface area contributed by atoms with Crippen LogP contribution >= 0.6 is 12.2 Å². The number of esters is 1. The van der Waals surface area contributed by atoms with Gasteiger partial charge < -0.3 is 19.7 Å². The lowest BCUT2D eigenvalue weighted by Gasteiger charge is -2.40. The fourth-order valence-electron chi connectivity index (χ4n) is 3.89. The molecular formula is C20H24F2N2O3S. The van der Waals surface area contributed by atoms with Gasteiger partial charge in [-0.2, -0.15) is 0 Å². The number of ether oxygens (including phenoxy) is 2. The molecule has 0 radical (unpaired) electrons. The minimum absolute atomic E-state index is 0.0820. The van der Waals surface area contributed by atoms with Crippen LogP contribution in [0.4, 0.5) is 8.78 Å². The van der Waals surface area contributed by atoms with Crippen molar-refractivity contribution in [3.8, 4) is 0 Å². The van der Waals surface area contributed by atoms with E-state index in [4.69, 9.17) is 21.7 Å². The number of benzene rings is 1. The number of methoxy groups -OCH3 is 1. The molecule has 1 N–H and O–H groups in total. The molecule has 0 bridgehead atoms. The van der Waals surface area contributed by atoms with Crippen molar-refractivity contribution in [2.75, 3.05) is 20.3 Å². The summed E-state index contributed by atoms with van der Waals surface area (Å²) in [4.78, 5) is 14.8. The van der Waals surface area contributed by atoms with Crippen LogP contribution in [0, 0.1) is 11.6 Å². The molecule has 8 heteroatoms. The summed E-state index contributed by atoms with van der Waals surface area (Å²) < 4.78 is 38.1. The summed E-state index contributed by atoms with van der Waals surface area (Å²) in [6.07, 6.45) is 4.14. The fraction of sp³-hybridized carbons (Fsp3) is 0.500. The second-order valence-electron chi connectivity index (χ2n) is 6.98. The third kappa shape index (κ3) is 4.17. The summed E-state index contributed by atoms with van der Waals surface area (Å²) in [6.45, 7) is 2.14. The highest BCUT2D eigenvalue weighted by Gasteiger charge is 2.39. The molecule has 1 fully saturated rings. The lowest BCUT2D eigenvalue weighted by Crippen LogP contribution is -2.51. The van der Waals surface area contributed by atoms with Gasteiger partial charge in [-0.3, -0.25) is 0 Å². The maximum absolute atomic E-state index is 14.5. The molecule has 152 valence electrons. The molecule has 2 aliphatic rings. The smallest absolute Gasteiger partial charge is 0.338 e. The van der Waals surface area contributed by atoms with Crippen molar-refractivity contribution in [3.05, 3.63) is 46.7 Å². The molecule has 3 rings (SSSR count). The van der Waals surface area contributed by atoms with Gasteiger partial charge in [0.25, 0.3) is 0 Å². The van der Waals surface area contributed by atoms with E-state index in [9.17, 15) is 13.6 Å². The van der Waals surface area contributed by atoms with Crippen molar-refractivity contribution in [1.82, 2.24) is 10.2 Å². The lowest BCUT2D eigenvalue weighted by atomic mass is 9.93. The van der Waals surface area contributed by atoms with E-state index < -0.39 is 23.6 Å². The van der Waals surface area contributed by atoms with Gasteiger partial charge in [-0.15, -0.1) is 0 Å². The summed E-state index contributed by atoms with van der Waals surface area (Å²) >= 11 is 5.54. The van der Waals surface area contributed by atoms with E-state index in [2.05, 4.69) is 5.32 Å². The Labute approximate surface area is 168 Å². The van der Waals surface area contributed by atoms with Crippen LogP contribution in [0.2, 0.25) is 0 Å². The number of allylic oxidation sites excluding steroid dienone is 1. The first kappa shape index (κ1) is 20.7. The molecule has 0 saturated heterocycles. The Balaban J connectivity index is 2.02. The van der Waals surface area contributed by atoms with E-state index >= 15 is 0 Å². The number of rotatable bonds is 6. The summed E-state index contributed by atoms with van der Waals surface area (Å²) in [6, 6.07) is 2.63. The fourth-order valence-corrected chi connectivity index (χ4v) is 4.29. The van der Waals surface area contributed by atoms with Gasteiger partial charge >= 0.3 is 5.97 Å². The van der Waals surface area contributed by atoms with Crippen LogP contribution in [0.3, 0.4) is 0 Å². The highest BCUT2D eigenvalue weighted by molar-refractivity contribution is 7.80. The number of hydrogen-bond donors (Lipinski definition) is 1. The van der Waals surface area contributed by atoms with Crippen molar-refractivity contribution < 1.29 is 23.0 Å². The van der Waals surface area contributed by atoms with E-state index in [-0.39, 0.29) is 30.4 Å². The molecule has 1 aromatic carbocycles. The first-order chi connectivity index (χ1) is 13.4. The Morgan fingerprint density at radius 3 is 2.64 bits per heavy atom. The van der Waals surface area contributed by atoms with Crippen LogP contribution in [0.5, 0.6) is 0 Å². The van der Waals surface area contributed by atoms with Gasteiger partial charge in [-0.25, -0.2) is 13.6 Å². The quantitative estimate of drug-likeness (QED) is 0.439. The van der Waals surface area contributed by atoms with E-state index in [0.717, 1.165) is 37.8 Å². The van der Waals surface area contributed by atoms with E-state index in [1.807, 2.05) is 4.90 Å². The van der Waals surface area contributed by atoms with Gasteiger partial charge in [-0.1, -0.05) is 18.9 Å². The van der Waals surface area contributed by atoms with Gasteiger partial charge in [-0.05, 0) is 38.0 Å².